The molecule has 0 aliphatic carbocycles. The van der Waals surface area contributed by atoms with Gasteiger partial charge in [-0.1, -0.05) is 64.5 Å². The van der Waals surface area contributed by atoms with Crippen molar-refractivity contribution in [3.05, 3.63) is 70.2 Å². The van der Waals surface area contributed by atoms with E-state index in [9.17, 15) is 9.59 Å². The molecule has 26 heavy (non-hydrogen) atoms. The Kier molecular flexibility index (Phi) is 6.09. The third-order valence-corrected chi connectivity index (χ3v) is 5.59. The number of halogens is 1. The fraction of sp³-hybridized carbons (Fsp3) is 0.333. The summed E-state index contributed by atoms with van der Waals surface area (Å²) in [6.45, 7) is 1.72. The fourth-order valence-electron chi connectivity index (χ4n) is 3.33. The molecule has 1 heterocycles. The van der Waals surface area contributed by atoms with Crippen molar-refractivity contribution in [1.29, 1.82) is 0 Å². The minimum absolute atomic E-state index is 0.0383. The van der Waals surface area contributed by atoms with Crippen LogP contribution in [0.2, 0.25) is 0 Å². The third-order valence-electron chi connectivity index (χ3n) is 4.82. The smallest absolute Gasteiger partial charge is 0.228 e. The van der Waals surface area contributed by atoms with E-state index >= 15 is 0 Å². The van der Waals surface area contributed by atoms with Crippen LogP contribution in [0.25, 0.3) is 0 Å². The van der Waals surface area contributed by atoms with Gasteiger partial charge in [0.15, 0.2) is 0 Å². The lowest BCUT2D eigenvalue weighted by Crippen LogP contribution is -2.34. The third kappa shape index (κ3) is 4.52. The first-order valence-corrected chi connectivity index (χ1v) is 9.64. The van der Waals surface area contributed by atoms with Crippen molar-refractivity contribution in [1.82, 2.24) is 9.80 Å². The molecule has 4 nitrogen and oxygen atoms in total. The van der Waals surface area contributed by atoms with Crippen molar-refractivity contribution in [2.75, 3.05) is 20.1 Å². The highest BCUT2D eigenvalue weighted by Crippen LogP contribution is 2.23. The summed E-state index contributed by atoms with van der Waals surface area (Å²) >= 11 is 3.52. The Hall–Kier alpha value is -2.14. The van der Waals surface area contributed by atoms with E-state index in [0.717, 1.165) is 16.5 Å². The molecular weight excluding hydrogens is 392 g/mol. The molecule has 1 aliphatic heterocycles. The van der Waals surface area contributed by atoms with Crippen LogP contribution in [0.1, 0.15) is 17.5 Å². The Morgan fingerprint density at radius 2 is 1.85 bits per heavy atom. The van der Waals surface area contributed by atoms with Crippen molar-refractivity contribution in [2.45, 2.75) is 19.4 Å². The number of rotatable bonds is 6. The van der Waals surface area contributed by atoms with Crippen molar-refractivity contribution in [3.8, 4) is 0 Å². The maximum atomic E-state index is 12.8. The van der Waals surface area contributed by atoms with Crippen LogP contribution in [0.5, 0.6) is 0 Å². The molecule has 2 amide bonds. The van der Waals surface area contributed by atoms with Gasteiger partial charge >= 0.3 is 0 Å². The highest BCUT2D eigenvalue weighted by Gasteiger charge is 2.35. The van der Waals surface area contributed by atoms with E-state index in [-0.39, 0.29) is 17.7 Å². The van der Waals surface area contributed by atoms with E-state index in [2.05, 4.69) is 28.1 Å². The van der Waals surface area contributed by atoms with Gasteiger partial charge in [0.05, 0.1) is 5.92 Å². The Morgan fingerprint density at radius 1 is 1.15 bits per heavy atom. The van der Waals surface area contributed by atoms with Gasteiger partial charge in [-0.3, -0.25) is 9.59 Å². The van der Waals surface area contributed by atoms with E-state index < -0.39 is 0 Å². The minimum atomic E-state index is -0.245. The van der Waals surface area contributed by atoms with Crippen LogP contribution in [0.3, 0.4) is 0 Å². The van der Waals surface area contributed by atoms with Crippen LogP contribution in [0, 0.1) is 5.92 Å². The number of hydrogen-bond donors (Lipinski definition) is 0. The average molecular weight is 415 g/mol. The second-order valence-electron chi connectivity index (χ2n) is 6.76. The van der Waals surface area contributed by atoms with E-state index in [1.807, 2.05) is 47.4 Å². The lowest BCUT2D eigenvalue weighted by atomic mass is 10.1. The molecule has 0 aromatic heterocycles. The predicted octanol–water partition coefficient (Wildman–Crippen LogP) is 3.50. The maximum absolute atomic E-state index is 12.8. The largest absolute Gasteiger partial charge is 0.342 e. The molecule has 0 saturated carbocycles. The first-order valence-electron chi connectivity index (χ1n) is 8.84. The molecular formula is C21H23BrN2O2. The fourth-order valence-corrected chi connectivity index (χ4v) is 3.74. The summed E-state index contributed by atoms with van der Waals surface area (Å²) in [5.74, 6) is -0.129. The summed E-state index contributed by atoms with van der Waals surface area (Å²) in [5.41, 5.74) is 2.27. The Morgan fingerprint density at radius 3 is 2.58 bits per heavy atom. The summed E-state index contributed by atoms with van der Waals surface area (Å²) in [5, 5.41) is 0. The molecule has 1 saturated heterocycles. The monoisotopic (exact) mass is 414 g/mol. The van der Waals surface area contributed by atoms with E-state index in [1.165, 1.54) is 5.56 Å². The predicted molar refractivity (Wildman–Crippen MR) is 105 cm³/mol. The van der Waals surface area contributed by atoms with Crippen molar-refractivity contribution in [2.24, 2.45) is 5.92 Å². The van der Waals surface area contributed by atoms with Crippen molar-refractivity contribution < 1.29 is 9.59 Å². The maximum Gasteiger partial charge on any atom is 0.228 e. The molecule has 0 radical (unpaired) electrons. The molecule has 0 N–H and O–H groups in total. The van der Waals surface area contributed by atoms with Gasteiger partial charge in [-0.05, 0) is 23.6 Å². The van der Waals surface area contributed by atoms with E-state index in [0.29, 0.717) is 26.1 Å². The lowest BCUT2D eigenvalue weighted by molar-refractivity contribution is -0.135. The zero-order valence-corrected chi connectivity index (χ0v) is 16.5. The van der Waals surface area contributed by atoms with Crippen molar-refractivity contribution in [3.63, 3.8) is 0 Å². The Bertz CT molecular complexity index is 779. The van der Waals surface area contributed by atoms with Gasteiger partial charge in [0, 0.05) is 37.6 Å². The second-order valence-corrected chi connectivity index (χ2v) is 7.62. The quantitative estimate of drug-likeness (QED) is 0.725. The molecule has 1 atom stereocenters. The van der Waals surface area contributed by atoms with Gasteiger partial charge in [-0.15, -0.1) is 0 Å². The van der Waals surface area contributed by atoms with Crippen LogP contribution >= 0.6 is 15.9 Å². The number of carbonyl (C=O) groups is 2. The number of likely N-dealkylation sites (tertiary alicyclic amines) is 1. The first-order chi connectivity index (χ1) is 12.5. The lowest BCUT2D eigenvalue weighted by Gasteiger charge is -2.22. The van der Waals surface area contributed by atoms with Crippen molar-refractivity contribution >= 4 is 27.7 Å². The summed E-state index contributed by atoms with van der Waals surface area (Å²) in [6, 6.07) is 18.0. The van der Waals surface area contributed by atoms with E-state index in [4.69, 9.17) is 0 Å². The van der Waals surface area contributed by atoms with Gasteiger partial charge in [0.2, 0.25) is 11.8 Å². The SMILES string of the molecule is CN(Cc1ccccc1Br)C(=O)C1CC(=O)N(CCc2ccccc2)C1. The first kappa shape index (κ1) is 18.6. The summed E-state index contributed by atoms with van der Waals surface area (Å²) in [7, 11) is 1.80. The highest BCUT2D eigenvalue weighted by molar-refractivity contribution is 9.10. The molecule has 1 fully saturated rings. The van der Waals surface area contributed by atoms with Crippen LogP contribution in [-0.4, -0.2) is 41.8 Å². The topological polar surface area (TPSA) is 40.6 Å². The summed E-state index contributed by atoms with van der Waals surface area (Å²) < 4.78 is 0.992. The molecule has 5 heteroatoms. The van der Waals surface area contributed by atoms with Gasteiger partial charge < -0.3 is 9.80 Å². The molecule has 3 rings (SSSR count). The highest BCUT2D eigenvalue weighted by atomic mass is 79.9. The molecule has 2 aromatic rings. The summed E-state index contributed by atoms with van der Waals surface area (Å²) in [6.07, 6.45) is 1.13. The van der Waals surface area contributed by atoms with Crippen LogP contribution in [-0.2, 0) is 22.6 Å². The molecule has 1 aliphatic rings. The average Bonchev–Trinajstić information content (AvgIpc) is 3.03. The second kappa shape index (κ2) is 8.49. The zero-order valence-electron chi connectivity index (χ0n) is 14.9. The van der Waals surface area contributed by atoms with Gasteiger partial charge in [-0.2, -0.15) is 0 Å². The zero-order chi connectivity index (χ0) is 18.5. The van der Waals surface area contributed by atoms with Crippen LogP contribution in [0.4, 0.5) is 0 Å². The molecule has 1 unspecified atom stereocenters. The number of benzene rings is 2. The number of carbonyl (C=O) groups excluding carboxylic acids is 2. The number of amides is 2. The van der Waals surface area contributed by atoms with Crippen LogP contribution in [0.15, 0.2) is 59.1 Å². The summed E-state index contributed by atoms with van der Waals surface area (Å²) in [4.78, 5) is 28.6. The van der Waals surface area contributed by atoms with Crippen LogP contribution < -0.4 is 0 Å². The van der Waals surface area contributed by atoms with E-state index in [1.54, 1.807) is 11.9 Å². The standard InChI is InChI=1S/C21H23BrN2O2/c1-23(14-17-9-5-6-10-19(17)22)21(26)18-13-20(25)24(15-18)12-11-16-7-3-2-4-8-16/h2-10,18H,11-15H2,1H3. The number of hydrogen-bond acceptors (Lipinski definition) is 2. The molecule has 0 bridgehead atoms. The Labute approximate surface area is 162 Å². The number of nitrogens with zero attached hydrogens (tertiary/aromatic N) is 2. The Balaban J connectivity index is 1.55. The van der Waals surface area contributed by atoms with Gasteiger partial charge in [-0.25, -0.2) is 0 Å². The molecule has 136 valence electrons. The van der Waals surface area contributed by atoms with Gasteiger partial charge in [0.25, 0.3) is 0 Å². The normalized spacial score (nSPS) is 16.8. The minimum Gasteiger partial charge on any atom is -0.342 e. The molecule has 0 spiro atoms. The van der Waals surface area contributed by atoms with Gasteiger partial charge in [0.1, 0.15) is 0 Å². The molecule has 2 aromatic carbocycles.